The minimum Gasteiger partial charge on any atom is -0.394 e. The molecule has 30 N–H and O–H groups in total. The molecule has 10 fully saturated rings. The predicted molar refractivity (Wildman–Crippen MR) is 362 cm³/mol. The second-order valence-electron chi connectivity index (χ2n) is 30.2. The number of aliphatic hydroxyl groups excluding tert-OH is 27. The number of carbonyl (C=O) groups is 3. The highest BCUT2D eigenvalue weighted by Gasteiger charge is 2.63. The summed E-state index contributed by atoms with van der Waals surface area (Å²) >= 11 is 0. The van der Waals surface area contributed by atoms with E-state index >= 15 is 0 Å². The molecular weight excluding hydrogens is 1620 g/mol. The molecule has 1 unspecified atom stereocenters. The van der Waals surface area contributed by atoms with Gasteiger partial charge in [-0.2, -0.15) is 0 Å². The lowest BCUT2D eigenvalue weighted by atomic mass is 9.93. The van der Waals surface area contributed by atoms with E-state index in [4.69, 9.17) is 90.0 Å². The number of nitrogens with one attached hydrogen (secondary N) is 3. The fourth-order valence-corrected chi connectivity index (χ4v) is 15.5. The Morgan fingerprint density at radius 2 is 0.483 bits per heavy atom. The van der Waals surface area contributed by atoms with Crippen LogP contribution in [0.1, 0.15) is 34.6 Å². The standard InChI is InChI=1S/C66H111N3O49/c1-14-30(81)39(90)44(95)61(100-14)117-55-41(92)32(83)19(6-70)106-65(55)113-51-29(69-18(5)80)60(103-20(7-71)33(51)84)116-54-36(87)23(10-74)107-66(56(54)118-62-45(96)40(91)31(82)15(2)101-62)112-49-26(13-77)109-59(28(38(49)89)68-17(4)79)114-52-34(85)21(8-72)104-63(46(52)97)110-48-25(12-76)108-58(27(37(48)88)67-16(3)78)115-53-35(86)22(9-73)105-64(47(53)98)111-50-24(11-75)102-57(99)43(94)42(50)93/h14-15,19-66,70-77,81-99H,6-13H2,1-5H3,(H,67,78)(H,68,79)(H,69,80)/t14-,15-,19+,20+,21+,22+,23+,24+,25+,26+,27+,28+,29+,30+,31+,32-,33-,34-,35-,36-,37+,38+,39+,40+,41-,42+,43+,44-,45-,46+,47+,48+,49+,50+,51+,52-,53-,54-,55+,56+,57?,58-,59-,60+,61-,62-,63-,64-,65-,66-/m0/s1. The lowest BCUT2D eigenvalue weighted by molar-refractivity contribution is -0.406. The van der Waals surface area contributed by atoms with Crippen molar-refractivity contribution in [3.8, 4) is 0 Å². The van der Waals surface area contributed by atoms with E-state index in [1.165, 1.54) is 13.8 Å². The first kappa shape index (κ1) is 96.8. The summed E-state index contributed by atoms with van der Waals surface area (Å²) < 4.78 is 113. The third-order valence-corrected chi connectivity index (χ3v) is 22.0. The van der Waals surface area contributed by atoms with E-state index in [1.807, 2.05) is 0 Å². The highest BCUT2D eigenvalue weighted by molar-refractivity contribution is 5.74. The van der Waals surface area contributed by atoms with Crippen LogP contribution in [0.5, 0.6) is 0 Å². The summed E-state index contributed by atoms with van der Waals surface area (Å²) in [5.41, 5.74) is 0. The van der Waals surface area contributed by atoms with Crippen molar-refractivity contribution in [3.05, 3.63) is 0 Å². The van der Waals surface area contributed by atoms with Gasteiger partial charge in [0.15, 0.2) is 62.9 Å². The highest BCUT2D eigenvalue weighted by atomic mass is 16.8. The Hall–Kier alpha value is -3.43. The van der Waals surface area contributed by atoms with Gasteiger partial charge in [-0.1, -0.05) is 0 Å². The third kappa shape index (κ3) is 20.6. The molecule has 52 heteroatoms. The van der Waals surface area contributed by atoms with E-state index in [9.17, 15) is 152 Å². The lowest BCUT2D eigenvalue weighted by Crippen LogP contribution is -2.72. The van der Waals surface area contributed by atoms with Crippen molar-refractivity contribution in [2.45, 2.75) is 341 Å². The van der Waals surface area contributed by atoms with Crippen molar-refractivity contribution < 1.29 is 242 Å². The number of carbonyl (C=O) groups excluding carboxylic acids is 3. The largest absolute Gasteiger partial charge is 0.394 e. The molecule has 684 valence electrons. The number of rotatable bonds is 29. The number of aliphatic hydroxyl groups is 27. The van der Waals surface area contributed by atoms with Gasteiger partial charge in [-0.05, 0) is 13.8 Å². The Labute approximate surface area is 668 Å². The first-order chi connectivity index (χ1) is 55.8. The second-order valence-corrected chi connectivity index (χ2v) is 30.2. The molecule has 10 saturated heterocycles. The molecule has 0 aromatic rings. The zero-order valence-electron chi connectivity index (χ0n) is 63.6. The van der Waals surface area contributed by atoms with Gasteiger partial charge in [-0.3, -0.25) is 14.4 Å². The molecule has 50 atom stereocenters. The summed E-state index contributed by atoms with van der Waals surface area (Å²) in [6.07, 6.45) is -96.2. The molecule has 118 heavy (non-hydrogen) atoms. The van der Waals surface area contributed by atoms with Crippen molar-refractivity contribution in [1.29, 1.82) is 0 Å². The van der Waals surface area contributed by atoms with Crippen LogP contribution in [0.25, 0.3) is 0 Å². The zero-order valence-corrected chi connectivity index (χ0v) is 63.6. The maximum Gasteiger partial charge on any atom is 0.217 e. The SMILES string of the molecule is CC(=O)N[C@H]1[C@H](O[C@H]2[C@@H](O)[C@@H](CO)O[C@@H](O[C@H]3[C@H](O)[C@@H](O)C(O)O[C@@H]3CO)[C@@H]2O)O[C@H](CO)[C@@H](O[C@@H]2O[C@H](CO)[C@H](O)[C@H](O[C@@H]3O[C@H](CO)[C@@H](O[C@@H]4O[C@H](CO)[C@H](O)[C@H](O[C@H]5O[C@H](CO)[C@H](O)[C@H](O[C@@H]6O[C@H](CO)[C@H](O)[C@H](O)[C@H]6O[C@@H]6O[C@@H](C)[C@@H](O)[C@@H](O)[C@@H]6O)[C@H]5NC(C)=O)[C@H]4O[C@@H]4O[C@@H](C)[C@@H](O)[C@@H](O)[C@@H]4O)[C@H](O)[C@H]3NC(C)=O)[C@H]2O)[C@@H]1O. The number of hydrogen-bond acceptors (Lipinski definition) is 49. The summed E-state index contributed by atoms with van der Waals surface area (Å²) in [5.74, 6) is -2.94. The average Bonchev–Trinajstić information content (AvgIpc) is 0.760. The second kappa shape index (κ2) is 41.8. The molecule has 0 aliphatic carbocycles. The fraction of sp³-hybridized carbons (Fsp3) is 0.955. The van der Waals surface area contributed by atoms with Crippen molar-refractivity contribution in [2.75, 3.05) is 52.9 Å². The Kier molecular flexibility index (Phi) is 34.3. The summed E-state index contributed by atoms with van der Waals surface area (Å²) in [6.45, 7) is -3.77. The third-order valence-electron chi connectivity index (χ3n) is 22.0. The van der Waals surface area contributed by atoms with Crippen LogP contribution in [-0.2, 0) is 104 Å². The van der Waals surface area contributed by atoms with Gasteiger partial charge in [0, 0.05) is 20.8 Å². The molecular formula is C66H111N3O49. The van der Waals surface area contributed by atoms with E-state index in [-0.39, 0.29) is 0 Å². The molecule has 0 radical (unpaired) electrons. The summed E-state index contributed by atoms with van der Waals surface area (Å²) in [4.78, 5) is 39.5. The molecule has 10 aliphatic heterocycles. The summed E-state index contributed by atoms with van der Waals surface area (Å²) in [7, 11) is 0. The van der Waals surface area contributed by atoms with Crippen LogP contribution in [0, 0.1) is 0 Å². The van der Waals surface area contributed by atoms with E-state index in [0.717, 1.165) is 20.8 Å². The van der Waals surface area contributed by atoms with E-state index in [0.29, 0.717) is 0 Å². The minimum absolute atomic E-state index is 0.909. The molecule has 0 aromatic heterocycles. The Morgan fingerprint density at radius 1 is 0.220 bits per heavy atom. The van der Waals surface area contributed by atoms with Gasteiger partial charge in [0.2, 0.25) is 17.7 Å². The number of hydrogen-bond donors (Lipinski definition) is 30. The van der Waals surface area contributed by atoms with Crippen molar-refractivity contribution in [3.63, 3.8) is 0 Å². The smallest absolute Gasteiger partial charge is 0.217 e. The molecule has 0 spiro atoms. The van der Waals surface area contributed by atoms with Gasteiger partial charge < -0.3 is 244 Å². The van der Waals surface area contributed by atoms with Gasteiger partial charge in [0.1, 0.15) is 232 Å². The van der Waals surface area contributed by atoms with E-state index in [2.05, 4.69) is 16.0 Å². The normalized spacial score (nSPS) is 51.1. The van der Waals surface area contributed by atoms with Crippen LogP contribution in [0.15, 0.2) is 0 Å². The number of amides is 3. The van der Waals surface area contributed by atoms with Crippen LogP contribution < -0.4 is 16.0 Å². The molecule has 10 rings (SSSR count). The van der Waals surface area contributed by atoms with Gasteiger partial charge in [0.25, 0.3) is 0 Å². The highest BCUT2D eigenvalue weighted by Crippen LogP contribution is 2.42. The predicted octanol–water partition coefficient (Wildman–Crippen LogP) is -20.3. The fourth-order valence-electron chi connectivity index (χ4n) is 15.5. The average molecular weight is 1730 g/mol. The molecule has 3 amide bonds. The molecule has 52 nitrogen and oxygen atoms in total. The van der Waals surface area contributed by atoms with E-state index < -0.39 is 377 Å². The first-order valence-corrected chi connectivity index (χ1v) is 37.9. The maximum atomic E-state index is 13.4. The van der Waals surface area contributed by atoms with Gasteiger partial charge in [-0.25, -0.2) is 0 Å². The molecule has 0 aromatic carbocycles. The molecule has 0 saturated carbocycles. The Balaban J connectivity index is 0.916. The van der Waals surface area contributed by atoms with Crippen molar-refractivity contribution in [1.82, 2.24) is 16.0 Å². The molecule has 10 aliphatic rings. The zero-order chi connectivity index (χ0) is 86.8. The topological polar surface area (TPSA) is 809 Å². The van der Waals surface area contributed by atoms with Crippen molar-refractivity contribution >= 4 is 17.7 Å². The van der Waals surface area contributed by atoms with Gasteiger partial charge in [-0.15, -0.1) is 0 Å². The van der Waals surface area contributed by atoms with Crippen LogP contribution >= 0.6 is 0 Å². The first-order valence-electron chi connectivity index (χ1n) is 37.9. The van der Waals surface area contributed by atoms with Crippen LogP contribution in [0.4, 0.5) is 0 Å². The number of ether oxygens (including phenoxy) is 19. The lowest BCUT2D eigenvalue weighted by Gasteiger charge is -2.52. The van der Waals surface area contributed by atoms with Crippen LogP contribution in [-0.4, -0.2) is 515 Å². The monoisotopic (exact) mass is 1730 g/mol. The quantitative estimate of drug-likeness (QED) is 0.0331. The van der Waals surface area contributed by atoms with Gasteiger partial charge in [0.05, 0.1) is 65.1 Å². The molecule has 0 bridgehead atoms. The van der Waals surface area contributed by atoms with Crippen LogP contribution in [0.2, 0.25) is 0 Å². The van der Waals surface area contributed by atoms with Crippen LogP contribution in [0.3, 0.4) is 0 Å². The van der Waals surface area contributed by atoms with Crippen molar-refractivity contribution in [2.24, 2.45) is 0 Å². The summed E-state index contributed by atoms with van der Waals surface area (Å²) in [6, 6.07) is -5.98. The Bertz CT molecular complexity index is 3140. The van der Waals surface area contributed by atoms with Gasteiger partial charge >= 0.3 is 0 Å². The Morgan fingerprint density at radius 3 is 0.890 bits per heavy atom. The van der Waals surface area contributed by atoms with E-state index in [1.54, 1.807) is 0 Å². The summed E-state index contributed by atoms with van der Waals surface area (Å²) in [5, 5.41) is 307. The molecule has 10 heterocycles. The maximum absolute atomic E-state index is 13.4. The minimum atomic E-state index is -2.41.